The van der Waals surface area contributed by atoms with E-state index in [1.54, 1.807) is 27.7 Å². The molecule has 4 fully saturated rings. The Morgan fingerprint density at radius 3 is 2.65 bits per heavy atom. The molecule has 9 heteroatoms. The summed E-state index contributed by atoms with van der Waals surface area (Å²) in [5.41, 5.74) is -1.51. The highest BCUT2D eigenvalue weighted by atomic mass is 16.7. The van der Waals surface area contributed by atoms with Crippen molar-refractivity contribution in [2.45, 2.75) is 77.7 Å². The fourth-order valence-electron chi connectivity index (χ4n) is 8.14. The first-order valence-corrected chi connectivity index (χ1v) is 12.2. The molecule has 0 amide bonds. The van der Waals surface area contributed by atoms with Crippen molar-refractivity contribution in [3.05, 3.63) is 11.6 Å². The average Bonchev–Trinajstić information content (AvgIpc) is 3.08. The van der Waals surface area contributed by atoms with Gasteiger partial charge < -0.3 is 29.5 Å². The van der Waals surface area contributed by atoms with Crippen LogP contribution >= 0.6 is 0 Å². The van der Waals surface area contributed by atoms with Crippen LogP contribution in [0.3, 0.4) is 0 Å². The van der Waals surface area contributed by atoms with Gasteiger partial charge in [-0.05, 0) is 37.7 Å². The fourth-order valence-corrected chi connectivity index (χ4v) is 8.14. The molecule has 0 aromatic heterocycles. The summed E-state index contributed by atoms with van der Waals surface area (Å²) in [6.07, 6.45) is -2.58. The first-order valence-electron chi connectivity index (χ1n) is 12.2. The number of fused-ring (bicyclic) bond motifs is 1. The fraction of sp³-hybridized carbons (Fsp3) is 0.800. The Balaban J connectivity index is 1.69. The van der Waals surface area contributed by atoms with E-state index in [1.165, 1.54) is 6.08 Å². The molecule has 5 rings (SSSR count). The first kappa shape index (κ1) is 23.9. The zero-order valence-corrected chi connectivity index (χ0v) is 20.2. The van der Waals surface area contributed by atoms with Gasteiger partial charge in [-0.3, -0.25) is 9.59 Å². The summed E-state index contributed by atoms with van der Waals surface area (Å²) in [6, 6.07) is 0. The Hall–Kier alpha value is -1.81. The number of esters is 2. The van der Waals surface area contributed by atoms with Gasteiger partial charge >= 0.3 is 11.9 Å². The number of ketones is 1. The molecule has 5 aliphatic rings. The van der Waals surface area contributed by atoms with Gasteiger partial charge in [0, 0.05) is 22.7 Å². The van der Waals surface area contributed by atoms with Crippen LogP contribution in [-0.2, 0) is 28.6 Å². The van der Waals surface area contributed by atoms with Gasteiger partial charge in [-0.25, -0.2) is 4.79 Å². The molecule has 2 bridgehead atoms. The summed E-state index contributed by atoms with van der Waals surface area (Å²) in [5, 5.41) is 34.3. The van der Waals surface area contributed by atoms with Crippen LogP contribution in [0.15, 0.2) is 11.6 Å². The molecule has 3 aliphatic carbocycles. The van der Waals surface area contributed by atoms with Crippen LogP contribution in [0.4, 0.5) is 0 Å². The number of carbonyl (C=O) groups is 3. The van der Waals surface area contributed by atoms with E-state index in [9.17, 15) is 29.7 Å². The van der Waals surface area contributed by atoms with E-state index in [2.05, 4.69) is 0 Å². The van der Waals surface area contributed by atoms with Crippen LogP contribution in [0.25, 0.3) is 0 Å². The number of hydrogen-bond donors (Lipinski definition) is 3. The topological polar surface area (TPSA) is 140 Å². The quantitative estimate of drug-likeness (QED) is 0.501. The first-order chi connectivity index (χ1) is 15.8. The molecule has 2 aliphatic heterocycles. The summed E-state index contributed by atoms with van der Waals surface area (Å²) < 4.78 is 17.6. The number of aliphatic hydroxyl groups is 3. The van der Waals surface area contributed by atoms with Gasteiger partial charge in [-0.15, -0.1) is 0 Å². The zero-order valence-electron chi connectivity index (χ0n) is 20.2. The third-order valence-electron chi connectivity index (χ3n) is 9.89. The minimum Gasteiger partial charge on any atom is -0.459 e. The predicted octanol–water partition coefficient (Wildman–Crippen LogP) is 0.734. The highest BCUT2D eigenvalue weighted by Gasteiger charge is 2.83. The van der Waals surface area contributed by atoms with Crippen LogP contribution in [0.5, 0.6) is 0 Å². The smallest absolute Gasteiger partial charge is 0.348 e. The van der Waals surface area contributed by atoms with E-state index in [0.717, 1.165) is 5.57 Å². The van der Waals surface area contributed by atoms with Gasteiger partial charge in [-0.2, -0.15) is 0 Å². The molecule has 0 aromatic carbocycles. The Kier molecular flexibility index (Phi) is 5.17. The van der Waals surface area contributed by atoms with E-state index in [4.69, 9.17) is 14.2 Å². The number of allylic oxidation sites excluding steroid dienone is 1. The van der Waals surface area contributed by atoms with Gasteiger partial charge in [-0.1, -0.05) is 33.3 Å². The molecule has 12 atom stereocenters. The summed E-state index contributed by atoms with van der Waals surface area (Å²) >= 11 is 0. The van der Waals surface area contributed by atoms with Gasteiger partial charge in [0.1, 0.15) is 18.3 Å². The van der Waals surface area contributed by atoms with E-state index >= 15 is 0 Å². The van der Waals surface area contributed by atoms with Gasteiger partial charge in [0.05, 0.1) is 12.5 Å². The monoisotopic (exact) mass is 478 g/mol. The second-order valence-electron chi connectivity index (χ2n) is 11.4. The van der Waals surface area contributed by atoms with Gasteiger partial charge in [0.15, 0.2) is 11.6 Å². The van der Waals surface area contributed by atoms with E-state index in [-0.39, 0.29) is 12.5 Å². The number of carbonyl (C=O) groups excluding carboxylic acids is 3. The maximum atomic E-state index is 13.2. The van der Waals surface area contributed by atoms with Crippen molar-refractivity contribution >= 4 is 17.7 Å². The molecule has 4 unspecified atom stereocenters. The molecule has 9 nitrogen and oxygen atoms in total. The maximum Gasteiger partial charge on any atom is 0.348 e. The number of rotatable bonds is 3. The Morgan fingerprint density at radius 1 is 1.32 bits per heavy atom. The van der Waals surface area contributed by atoms with Crippen LogP contribution in [0.2, 0.25) is 0 Å². The van der Waals surface area contributed by atoms with Gasteiger partial charge in [0.2, 0.25) is 6.10 Å². The lowest BCUT2D eigenvalue weighted by molar-refractivity contribution is -0.340. The van der Waals surface area contributed by atoms with Crippen molar-refractivity contribution in [3.63, 3.8) is 0 Å². The Labute approximate surface area is 198 Å². The van der Waals surface area contributed by atoms with Crippen molar-refractivity contribution in [1.82, 2.24) is 0 Å². The van der Waals surface area contributed by atoms with E-state index < -0.39 is 82.4 Å². The molecule has 2 saturated carbocycles. The Morgan fingerprint density at radius 2 is 2.00 bits per heavy atom. The van der Waals surface area contributed by atoms with Crippen LogP contribution in [-0.4, -0.2) is 69.9 Å². The molecular weight excluding hydrogens is 444 g/mol. The van der Waals surface area contributed by atoms with Gasteiger partial charge in [0.25, 0.3) is 0 Å². The van der Waals surface area contributed by atoms with Crippen molar-refractivity contribution < 1.29 is 43.9 Å². The third-order valence-corrected chi connectivity index (χ3v) is 9.89. The normalized spacial score (nSPS) is 52.2. The minimum absolute atomic E-state index is 0.0540. The lowest BCUT2D eigenvalue weighted by Gasteiger charge is -2.68. The van der Waals surface area contributed by atoms with Crippen LogP contribution in [0, 0.1) is 40.4 Å². The van der Waals surface area contributed by atoms with E-state index in [1.807, 2.05) is 6.92 Å². The van der Waals surface area contributed by atoms with Crippen molar-refractivity contribution in [1.29, 1.82) is 0 Å². The lowest BCUT2D eigenvalue weighted by atomic mass is 9.38. The predicted molar refractivity (Wildman–Crippen MR) is 116 cm³/mol. The molecule has 34 heavy (non-hydrogen) atoms. The highest BCUT2D eigenvalue weighted by Crippen LogP contribution is 2.73. The third kappa shape index (κ3) is 2.61. The average molecular weight is 479 g/mol. The summed E-state index contributed by atoms with van der Waals surface area (Å²) in [7, 11) is 0. The standard InChI is InChI=1S/C25H34O9/c1-6-10(2)20(29)34-17-16-12(4)18(27)25(31)22-23(5)13(11(3)7-14(26)19(23)28)8-15(33-21(17)30)24(16,22)9-32-25/h7,10,12-13,15-19,22,27-28,31H,6,8-9H2,1-5H3/t10?,12-,13+,15-,16-,17-,18?,19-,22?,23-,24?,25-/m1/s1. The zero-order chi connectivity index (χ0) is 25.0. The molecular formula is C25H34O9. The van der Waals surface area contributed by atoms with Crippen molar-refractivity contribution in [2.75, 3.05) is 6.61 Å². The Bertz CT molecular complexity index is 975. The molecule has 1 spiro atoms. The van der Waals surface area contributed by atoms with E-state index in [0.29, 0.717) is 12.8 Å². The number of aliphatic hydroxyl groups excluding tert-OH is 2. The molecule has 3 N–H and O–H groups in total. The minimum atomic E-state index is -2.06. The lowest BCUT2D eigenvalue weighted by Crippen LogP contribution is -2.78. The maximum absolute atomic E-state index is 13.2. The summed E-state index contributed by atoms with van der Waals surface area (Å²) in [6.45, 7) is 8.74. The molecule has 2 heterocycles. The van der Waals surface area contributed by atoms with Crippen LogP contribution < -0.4 is 0 Å². The molecule has 188 valence electrons. The highest BCUT2D eigenvalue weighted by molar-refractivity contribution is 5.96. The van der Waals surface area contributed by atoms with Crippen molar-refractivity contribution in [3.8, 4) is 0 Å². The molecule has 0 aromatic rings. The number of hydrogen-bond acceptors (Lipinski definition) is 9. The summed E-state index contributed by atoms with van der Waals surface area (Å²) in [4.78, 5) is 38.7. The summed E-state index contributed by atoms with van der Waals surface area (Å²) in [5.74, 6) is -6.89. The number of ether oxygens (including phenoxy) is 3. The molecule has 2 saturated heterocycles. The SMILES string of the molecule is CCC(C)C(=O)O[C@H]1C(=O)O[C@@H]2C[C@H]3C(C)=CC(=O)[C@@H](O)[C@]3(C)C3C24CO[C@]3(O)C(O)[C@H](C)[C@H]14. The second-order valence-corrected chi connectivity index (χ2v) is 11.4. The van der Waals surface area contributed by atoms with Crippen molar-refractivity contribution in [2.24, 2.45) is 40.4 Å². The largest absolute Gasteiger partial charge is 0.459 e. The van der Waals surface area contributed by atoms with Crippen LogP contribution in [0.1, 0.15) is 47.5 Å². The molecule has 0 radical (unpaired) electrons. The second kappa shape index (κ2) is 7.35.